The van der Waals surface area contributed by atoms with Crippen molar-refractivity contribution in [2.75, 3.05) is 10.6 Å². The number of carbonyl (C=O) groups excluding carboxylic acids is 2. The summed E-state index contributed by atoms with van der Waals surface area (Å²) in [6, 6.07) is 24.9. The fourth-order valence-corrected chi connectivity index (χ4v) is 6.81. The Balaban J connectivity index is 0.000000232. The first-order valence-corrected chi connectivity index (χ1v) is 20.9. The number of nitrogens with one attached hydrogen (secondary N) is 2. The Bertz CT molecular complexity index is 2820. The first kappa shape index (κ1) is 45.9. The highest BCUT2D eigenvalue weighted by molar-refractivity contribution is 7.89. The van der Waals surface area contributed by atoms with Crippen LogP contribution in [0.3, 0.4) is 0 Å². The van der Waals surface area contributed by atoms with Crippen LogP contribution in [0.15, 0.2) is 131 Å². The van der Waals surface area contributed by atoms with Crippen LogP contribution in [0.5, 0.6) is 23.3 Å². The summed E-state index contributed by atoms with van der Waals surface area (Å²) < 4.78 is 112. The van der Waals surface area contributed by atoms with Crippen LogP contribution in [0, 0.1) is 5.82 Å². The average molecular weight is 922 g/mol. The molecule has 0 unspecified atom stereocenters. The van der Waals surface area contributed by atoms with Gasteiger partial charge in [0.15, 0.2) is 0 Å². The fraction of sp³-hybridized carbons (Fsp3) is 0.0769. The molecule has 6 N–H and O–H groups in total. The molecule has 0 fully saturated rings. The van der Waals surface area contributed by atoms with E-state index in [-0.39, 0.29) is 52.2 Å². The Morgan fingerprint density at radius 1 is 0.623 bits per heavy atom. The molecular weight excluding hydrogens is 891 g/mol. The minimum absolute atomic E-state index is 0.0637. The fourth-order valence-electron chi connectivity index (χ4n) is 5.20. The van der Waals surface area contributed by atoms with Gasteiger partial charge in [-0.25, -0.2) is 41.5 Å². The summed E-state index contributed by atoms with van der Waals surface area (Å²) in [5.74, 6) is -2.08. The second-order valence-electron chi connectivity index (χ2n) is 12.5. The highest BCUT2D eigenvalue weighted by atomic mass is 35.5. The molecule has 0 spiro atoms. The normalized spacial score (nSPS) is 11.5. The maximum atomic E-state index is 13.7. The van der Waals surface area contributed by atoms with Crippen LogP contribution in [0.4, 0.5) is 28.9 Å². The number of primary sulfonamides is 2. The van der Waals surface area contributed by atoms with Crippen molar-refractivity contribution >= 4 is 66.4 Å². The summed E-state index contributed by atoms with van der Waals surface area (Å²) in [6.07, 6.45) is -3.17. The highest BCUT2D eigenvalue weighted by Gasteiger charge is 2.33. The molecule has 22 heteroatoms. The molecule has 0 saturated carbocycles. The minimum Gasteiger partial charge on any atom is -0.438 e. The van der Waals surface area contributed by atoms with Gasteiger partial charge in [-0.15, -0.1) is 0 Å². The molecular formula is C39H30Cl2F4N6O8S2. The quantitative estimate of drug-likeness (QED) is 0.0870. The van der Waals surface area contributed by atoms with Crippen LogP contribution in [0.1, 0.15) is 16.7 Å². The number of carbonyl (C=O) groups is 2. The Labute approximate surface area is 355 Å². The first-order valence-electron chi connectivity index (χ1n) is 17.1. The van der Waals surface area contributed by atoms with Crippen LogP contribution in [0.2, 0.25) is 10.0 Å². The number of anilines is 2. The lowest BCUT2D eigenvalue weighted by molar-refractivity contribution is -0.138. The number of rotatable bonds is 12. The summed E-state index contributed by atoms with van der Waals surface area (Å²) >= 11 is 11.8. The van der Waals surface area contributed by atoms with E-state index in [1.165, 1.54) is 60.8 Å². The number of hydrogen-bond donors (Lipinski definition) is 4. The van der Waals surface area contributed by atoms with Crippen molar-refractivity contribution in [2.45, 2.75) is 28.8 Å². The van der Waals surface area contributed by atoms with E-state index in [1.807, 2.05) is 0 Å². The molecule has 2 heterocycles. The number of benzene rings is 4. The number of ether oxygens (including phenoxy) is 2. The predicted octanol–water partition coefficient (Wildman–Crippen LogP) is 7.87. The lowest BCUT2D eigenvalue weighted by atomic mass is 10.0. The molecule has 2 aromatic heterocycles. The van der Waals surface area contributed by atoms with Gasteiger partial charge >= 0.3 is 6.18 Å². The van der Waals surface area contributed by atoms with Gasteiger partial charge in [0.05, 0.1) is 42.2 Å². The third kappa shape index (κ3) is 13.4. The number of pyridine rings is 2. The van der Waals surface area contributed by atoms with E-state index in [0.717, 1.165) is 24.4 Å². The molecule has 0 bridgehead atoms. The van der Waals surface area contributed by atoms with E-state index in [2.05, 4.69) is 20.6 Å². The summed E-state index contributed by atoms with van der Waals surface area (Å²) in [5, 5.41) is 16.0. The van der Waals surface area contributed by atoms with Crippen molar-refractivity contribution in [3.05, 3.63) is 154 Å². The average Bonchev–Trinajstić information content (AvgIpc) is 3.16. The van der Waals surface area contributed by atoms with Crippen LogP contribution in [-0.2, 0) is 48.7 Å². The van der Waals surface area contributed by atoms with E-state index < -0.39 is 65.6 Å². The maximum Gasteiger partial charge on any atom is 0.416 e. The number of aromatic nitrogens is 2. The molecule has 2 amide bonds. The summed E-state index contributed by atoms with van der Waals surface area (Å²) in [5.41, 5.74) is -1.01. The van der Waals surface area contributed by atoms with Crippen molar-refractivity contribution in [1.82, 2.24) is 9.97 Å². The van der Waals surface area contributed by atoms with Gasteiger partial charge in [0, 0.05) is 10.0 Å². The standard InChI is InChI=1S/C20H15ClF3N3O4S.C19H15ClFN3O4S/c21-13-5-3-6-15(9-13)31-19-17(32(25,29)30)10-14(11-26-19)27-18(28)8-12-4-1-2-7-16(12)20(22,23)24;20-13-5-3-6-15(9-13)28-19-17(29(22,26)27)10-14(11-23-19)24-18(25)8-12-4-1-2-7-16(12)21/h1-7,9-11H,8H2,(H,27,28)(H2,25,29,30);1-7,9-11H,8H2,(H,24,25)(H2,22,26,27). The number of sulfonamides is 2. The Morgan fingerprint density at radius 3 is 1.48 bits per heavy atom. The maximum absolute atomic E-state index is 13.7. The minimum atomic E-state index is -4.63. The SMILES string of the molecule is NS(=O)(=O)c1cc(NC(=O)Cc2ccccc2C(F)(F)F)cnc1Oc1cccc(Cl)c1.NS(=O)(=O)c1cc(NC(=O)Cc2ccccc2F)cnc1Oc1cccc(Cl)c1. The monoisotopic (exact) mass is 920 g/mol. The number of hydrogen-bond acceptors (Lipinski definition) is 10. The molecule has 6 aromatic rings. The molecule has 0 aliphatic carbocycles. The van der Waals surface area contributed by atoms with E-state index >= 15 is 0 Å². The molecule has 0 aliphatic heterocycles. The number of halogens is 6. The van der Waals surface area contributed by atoms with Gasteiger partial charge in [0.1, 0.15) is 27.1 Å². The van der Waals surface area contributed by atoms with Gasteiger partial charge in [-0.2, -0.15) is 13.2 Å². The van der Waals surface area contributed by atoms with Gasteiger partial charge in [0.25, 0.3) is 0 Å². The Hall–Kier alpha value is -6.16. The molecule has 0 radical (unpaired) electrons. The van der Waals surface area contributed by atoms with Crippen LogP contribution in [0.25, 0.3) is 0 Å². The summed E-state index contributed by atoms with van der Waals surface area (Å²) in [6.45, 7) is 0. The lowest BCUT2D eigenvalue weighted by Crippen LogP contribution is -2.19. The zero-order chi connectivity index (χ0) is 44.5. The van der Waals surface area contributed by atoms with Gasteiger partial charge in [-0.1, -0.05) is 71.7 Å². The van der Waals surface area contributed by atoms with Crippen LogP contribution < -0.4 is 30.4 Å². The van der Waals surface area contributed by atoms with E-state index in [1.54, 1.807) is 36.4 Å². The van der Waals surface area contributed by atoms with Crippen molar-refractivity contribution in [1.29, 1.82) is 0 Å². The number of alkyl halides is 3. The largest absolute Gasteiger partial charge is 0.438 e. The van der Waals surface area contributed by atoms with Crippen molar-refractivity contribution in [3.8, 4) is 23.3 Å². The molecule has 318 valence electrons. The lowest BCUT2D eigenvalue weighted by Gasteiger charge is -2.13. The number of nitrogens with two attached hydrogens (primary N) is 2. The second-order valence-corrected chi connectivity index (χ2v) is 16.4. The van der Waals surface area contributed by atoms with E-state index in [0.29, 0.717) is 10.0 Å². The molecule has 61 heavy (non-hydrogen) atoms. The third-order valence-corrected chi connectivity index (χ3v) is 10.1. The molecule has 0 aliphatic rings. The second kappa shape index (κ2) is 19.5. The summed E-state index contributed by atoms with van der Waals surface area (Å²) in [4.78, 5) is 31.3. The third-order valence-electron chi connectivity index (χ3n) is 7.82. The first-order chi connectivity index (χ1) is 28.7. The zero-order valence-electron chi connectivity index (χ0n) is 30.9. The molecule has 0 atom stereocenters. The highest BCUT2D eigenvalue weighted by Crippen LogP contribution is 2.33. The number of nitrogens with zero attached hydrogens (tertiary/aromatic N) is 2. The van der Waals surface area contributed by atoms with Gasteiger partial charge in [-0.3, -0.25) is 9.59 Å². The van der Waals surface area contributed by atoms with E-state index in [4.69, 9.17) is 43.0 Å². The zero-order valence-corrected chi connectivity index (χ0v) is 34.0. The topological polar surface area (TPSA) is 223 Å². The molecule has 4 aromatic carbocycles. The Kier molecular flexibility index (Phi) is 14.7. The van der Waals surface area contributed by atoms with E-state index in [9.17, 15) is 44.0 Å². The van der Waals surface area contributed by atoms with Crippen molar-refractivity contribution in [2.24, 2.45) is 10.3 Å². The molecule has 0 saturated heterocycles. The number of amides is 2. The van der Waals surface area contributed by atoms with Gasteiger partial charge in [-0.05, 0) is 71.8 Å². The van der Waals surface area contributed by atoms with Crippen LogP contribution >= 0.6 is 23.2 Å². The Morgan fingerprint density at radius 2 is 1.05 bits per heavy atom. The molecule has 14 nitrogen and oxygen atoms in total. The summed E-state index contributed by atoms with van der Waals surface area (Å²) in [7, 11) is -8.55. The van der Waals surface area contributed by atoms with Crippen molar-refractivity contribution < 1.29 is 53.5 Å². The smallest absolute Gasteiger partial charge is 0.416 e. The predicted molar refractivity (Wildman–Crippen MR) is 217 cm³/mol. The molecule has 6 rings (SSSR count). The van der Waals surface area contributed by atoms with Crippen molar-refractivity contribution in [3.63, 3.8) is 0 Å². The van der Waals surface area contributed by atoms with Gasteiger partial charge < -0.3 is 20.1 Å². The van der Waals surface area contributed by atoms with Crippen LogP contribution in [-0.4, -0.2) is 38.6 Å². The van der Waals surface area contributed by atoms with Gasteiger partial charge in [0.2, 0.25) is 43.6 Å².